The number of rotatable bonds is 1. The molecule has 2 rings (SSSR count). The Morgan fingerprint density at radius 2 is 2.55 bits per heavy atom. The van der Waals surface area contributed by atoms with Crippen LogP contribution in [0, 0.1) is 0 Å². The summed E-state index contributed by atoms with van der Waals surface area (Å²) in [4.78, 5) is 14.7. The van der Waals surface area contributed by atoms with Gasteiger partial charge in [-0.05, 0) is 6.08 Å². The number of allylic oxidation sites excluding steroid dienone is 1. The van der Waals surface area contributed by atoms with Crippen LogP contribution in [0.4, 0.5) is 0 Å². The third-order valence-corrected chi connectivity index (χ3v) is 1.69. The van der Waals surface area contributed by atoms with E-state index in [9.17, 15) is 4.79 Å². The van der Waals surface area contributed by atoms with E-state index >= 15 is 0 Å². The van der Waals surface area contributed by atoms with Crippen LogP contribution in [0.1, 0.15) is 16.3 Å². The fourth-order valence-electron chi connectivity index (χ4n) is 1.18. The minimum Gasteiger partial charge on any atom is -0.364 e. The summed E-state index contributed by atoms with van der Waals surface area (Å²) in [6, 6.07) is 0. The van der Waals surface area contributed by atoms with Crippen molar-refractivity contribution in [2.75, 3.05) is 0 Å². The second-order valence-corrected chi connectivity index (χ2v) is 2.38. The molecule has 4 heteroatoms. The maximum atomic E-state index is 10.8. The quantitative estimate of drug-likeness (QED) is 0.611. The number of primary amides is 1. The molecule has 1 aromatic heterocycles. The van der Waals surface area contributed by atoms with Crippen LogP contribution in [0.15, 0.2) is 12.3 Å². The summed E-state index contributed by atoms with van der Waals surface area (Å²) in [5.74, 6) is 0.381. The van der Waals surface area contributed by atoms with Gasteiger partial charge in [0.15, 0.2) is 0 Å². The fraction of sp³-hybridized carbons (Fsp3) is 0.143. The van der Waals surface area contributed by atoms with E-state index in [-0.39, 0.29) is 0 Å². The van der Waals surface area contributed by atoms with Crippen LogP contribution in [-0.4, -0.2) is 15.5 Å². The maximum Gasteiger partial charge on any atom is 0.267 e. The van der Waals surface area contributed by atoms with Gasteiger partial charge in [0.25, 0.3) is 5.91 Å². The highest BCUT2D eigenvalue weighted by Crippen LogP contribution is 2.12. The number of amides is 1. The zero-order chi connectivity index (χ0) is 7.84. The van der Waals surface area contributed by atoms with E-state index in [1.165, 1.54) is 6.20 Å². The Bertz CT molecular complexity index is 337. The average molecular weight is 149 g/mol. The summed E-state index contributed by atoms with van der Waals surface area (Å²) < 4.78 is 1.78. The van der Waals surface area contributed by atoms with Crippen LogP contribution in [0.2, 0.25) is 0 Å². The van der Waals surface area contributed by atoms with E-state index in [2.05, 4.69) is 4.98 Å². The van der Waals surface area contributed by atoms with Gasteiger partial charge in [-0.15, -0.1) is 0 Å². The Labute approximate surface area is 63.3 Å². The van der Waals surface area contributed by atoms with Crippen molar-refractivity contribution in [3.8, 4) is 0 Å². The Balaban J connectivity index is 2.55. The van der Waals surface area contributed by atoms with Gasteiger partial charge in [0.05, 0.1) is 6.20 Å². The van der Waals surface area contributed by atoms with Crippen molar-refractivity contribution in [3.63, 3.8) is 0 Å². The van der Waals surface area contributed by atoms with E-state index in [1.54, 1.807) is 4.57 Å². The van der Waals surface area contributed by atoms with E-state index in [0.29, 0.717) is 12.2 Å². The van der Waals surface area contributed by atoms with E-state index in [4.69, 9.17) is 5.73 Å². The number of hydrogen-bond acceptors (Lipinski definition) is 2. The highest BCUT2D eigenvalue weighted by Gasteiger charge is 2.13. The molecule has 0 saturated carbocycles. The lowest BCUT2D eigenvalue weighted by Gasteiger charge is -1.98. The maximum absolute atomic E-state index is 10.8. The largest absolute Gasteiger partial charge is 0.364 e. The molecule has 1 aliphatic heterocycles. The Kier molecular flexibility index (Phi) is 1.09. The highest BCUT2D eigenvalue weighted by atomic mass is 16.1. The van der Waals surface area contributed by atoms with Crippen LogP contribution in [0.25, 0.3) is 6.08 Å². The predicted octanol–water partition coefficient (Wildman–Crippen LogP) is 0.00880. The molecule has 4 nitrogen and oxygen atoms in total. The van der Waals surface area contributed by atoms with Gasteiger partial charge >= 0.3 is 0 Å². The van der Waals surface area contributed by atoms with Crippen molar-refractivity contribution < 1.29 is 4.79 Å². The molecule has 56 valence electrons. The normalized spacial score (nSPS) is 13.5. The van der Waals surface area contributed by atoms with Gasteiger partial charge in [0, 0.05) is 6.54 Å². The molecular formula is C7H7N3O. The lowest BCUT2D eigenvalue weighted by Crippen LogP contribution is -2.16. The van der Waals surface area contributed by atoms with Gasteiger partial charge < -0.3 is 10.3 Å². The first-order chi connectivity index (χ1) is 5.29. The lowest BCUT2D eigenvalue weighted by atomic mass is 10.4. The number of aromatic nitrogens is 2. The topological polar surface area (TPSA) is 60.9 Å². The first kappa shape index (κ1) is 6.15. The molecule has 0 aliphatic carbocycles. The SMILES string of the molecule is NC(=O)c1cnc2n1CC=C2. The monoisotopic (exact) mass is 149 g/mol. The molecular weight excluding hydrogens is 142 g/mol. The summed E-state index contributed by atoms with van der Waals surface area (Å²) in [7, 11) is 0. The molecule has 0 radical (unpaired) electrons. The molecule has 1 amide bonds. The molecule has 2 N–H and O–H groups in total. The molecule has 1 aromatic rings. The van der Waals surface area contributed by atoms with Crippen molar-refractivity contribution in [1.82, 2.24) is 9.55 Å². The number of nitrogens with zero attached hydrogens (tertiary/aromatic N) is 2. The van der Waals surface area contributed by atoms with Crippen LogP contribution < -0.4 is 5.73 Å². The summed E-state index contributed by atoms with van der Waals surface area (Å²) in [5, 5.41) is 0. The first-order valence-electron chi connectivity index (χ1n) is 3.31. The summed E-state index contributed by atoms with van der Waals surface area (Å²) in [6.45, 7) is 0.702. The van der Waals surface area contributed by atoms with Crippen molar-refractivity contribution in [2.24, 2.45) is 5.73 Å². The molecule has 0 fully saturated rings. The van der Waals surface area contributed by atoms with Gasteiger partial charge in [-0.25, -0.2) is 4.98 Å². The van der Waals surface area contributed by atoms with Crippen molar-refractivity contribution in [3.05, 3.63) is 23.8 Å². The zero-order valence-corrected chi connectivity index (χ0v) is 5.82. The van der Waals surface area contributed by atoms with Gasteiger partial charge in [-0.3, -0.25) is 4.79 Å². The number of imidazole rings is 1. The second-order valence-electron chi connectivity index (χ2n) is 2.38. The molecule has 0 atom stereocenters. The Morgan fingerprint density at radius 1 is 1.73 bits per heavy atom. The smallest absolute Gasteiger partial charge is 0.267 e. The van der Waals surface area contributed by atoms with E-state index in [1.807, 2.05) is 12.2 Å². The Hall–Kier alpha value is -1.58. The molecule has 0 spiro atoms. The highest BCUT2D eigenvalue weighted by molar-refractivity contribution is 5.91. The number of hydrogen-bond donors (Lipinski definition) is 1. The number of nitrogens with two attached hydrogens (primary N) is 1. The van der Waals surface area contributed by atoms with E-state index in [0.717, 1.165) is 5.82 Å². The summed E-state index contributed by atoms with van der Waals surface area (Å²) >= 11 is 0. The lowest BCUT2D eigenvalue weighted by molar-refractivity contribution is 0.0992. The standard InChI is InChI=1S/C7H7N3O/c8-7(11)5-4-9-6-2-1-3-10(5)6/h1-2,4H,3H2,(H2,8,11). The van der Waals surface area contributed by atoms with Crippen molar-refractivity contribution in [2.45, 2.75) is 6.54 Å². The minimum absolute atomic E-state index is 0.424. The van der Waals surface area contributed by atoms with Crippen molar-refractivity contribution in [1.29, 1.82) is 0 Å². The fourth-order valence-corrected chi connectivity index (χ4v) is 1.18. The molecule has 1 aliphatic rings. The zero-order valence-electron chi connectivity index (χ0n) is 5.82. The Morgan fingerprint density at radius 3 is 3.27 bits per heavy atom. The average Bonchev–Trinajstić information content (AvgIpc) is 2.41. The van der Waals surface area contributed by atoms with Crippen molar-refractivity contribution >= 4 is 12.0 Å². The molecule has 0 unspecified atom stereocenters. The number of fused-ring (bicyclic) bond motifs is 1. The van der Waals surface area contributed by atoms with Gasteiger partial charge in [0.1, 0.15) is 11.5 Å². The van der Waals surface area contributed by atoms with Gasteiger partial charge in [0.2, 0.25) is 0 Å². The minimum atomic E-state index is -0.424. The first-order valence-corrected chi connectivity index (χ1v) is 3.31. The predicted molar refractivity (Wildman–Crippen MR) is 39.8 cm³/mol. The van der Waals surface area contributed by atoms with Crippen LogP contribution in [0.3, 0.4) is 0 Å². The van der Waals surface area contributed by atoms with Crippen LogP contribution in [-0.2, 0) is 6.54 Å². The van der Waals surface area contributed by atoms with Gasteiger partial charge in [-0.1, -0.05) is 6.08 Å². The molecule has 2 heterocycles. The second kappa shape index (κ2) is 1.95. The van der Waals surface area contributed by atoms with Crippen LogP contribution >= 0.6 is 0 Å². The molecule has 11 heavy (non-hydrogen) atoms. The van der Waals surface area contributed by atoms with E-state index < -0.39 is 5.91 Å². The molecule has 0 aromatic carbocycles. The number of carbonyl (C=O) groups is 1. The molecule has 0 bridgehead atoms. The van der Waals surface area contributed by atoms with Gasteiger partial charge in [-0.2, -0.15) is 0 Å². The summed E-state index contributed by atoms with van der Waals surface area (Å²) in [5.41, 5.74) is 5.58. The summed E-state index contributed by atoms with van der Waals surface area (Å²) in [6.07, 6.45) is 5.31. The van der Waals surface area contributed by atoms with Crippen LogP contribution in [0.5, 0.6) is 0 Å². The number of carbonyl (C=O) groups excluding carboxylic acids is 1. The third-order valence-electron chi connectivity index (χ3n) is 1.69. The molecule has 0 saturated heterocycles. The third kappa shape index (κ3) is 0.756.